The van der Waals surface area contributed by atoms with Crippen LogP contribution in [0.2, 0.25) is 0 Å². The second kappa shape index (κ2) is 10.4. The number of rotatable bonds is 8. The number of ketones is 1. The predicted octanol–water partition coefficient (Wildman–Crippen LogP) is -2.22. The number of aromatic nitrogens is 2. The molecule has 0 radical (unpaired) electrons. The number of aromatic amines is 1. The summed E-state index contributed by atoms with van der Waals surface area (Å²) in [4.78, 5) is 56.8. The Hall–Kier alpha value is -1.59. The molecule has 0 saturated carbocycles. The molecule has 0 aromatic carbocycles. The molecular formula is C16H24N2O15P2. The third-order valence-corrected chi connectivity index (χ3v) is 7.74. The zero-order chi connectivity index (χ0) is 26.3. The third-order valence-electron chi connectivity index (χ3n) is 5.14. The topological polar surface area (TPSA) is 253 Å². The van der Waals surface area contributed by atoms with Crippen LogP contribution in [0.3, 0.4) is 0 Å². The lowest BCUT2D eigenvalue weighted by atomic mass is 10.0. The van der Waals surface area contributed by atoms with Gasteiger partial charge in [-0.15, -0.1) is 0 Å². The van der Waals surface area contributed by atoms with Crippen molar-refractivity contribution in [1.29, 1.82) is 0 Å². The van der Waals surface area contributed by atoms with Gasteiger partial charge in [-0.05, 0) is 13.8 Å². The summed E-state index contributed by atoms with van der Waals surface area (Å²) in [6.45, 7) is 1.80. The molecule has 0 spiro atoms. The maximum Gasteiger partial charge on any atom is 0.483 e. The number of Topliss-reactive ketones (excluding diaryl/α,β-unsaturated/α-hetero) is 1. The first-order chi connectivity index (χ1) is 16.1. The molecule has 3 heterocycles. The fourth-order valence-corrected chi connectivity index (χ4v) is 5.44. The van der Waals surface area contributed by atoms with E-state index >= 15 is 0 Å². The summed E-state index contributed by atoms with van der Waals surface area (Å²) in [5.74, 6) is -1.17. The van der Waals surface area contributed by atoms with Gasteiger partial charge in [-0.25, -0.2) is 13.9 Å². The molecule has 35 heavy (non-hydrogen) atoms. The van der Waals surface area contributed by atoms with Gasteiger partial charge in [0.15, 0.2) is 11.9 Å². The van der Waals surface area contributed by atoms with E-state index in [9.17, 15) is 48.6 Å². The lowest BCUT2D eigenvalue weighted by Crippen LogP contribution is -2.54. The second-order valence-corrected chi connectivity index (χ2v) is 10.8. The van der Waals surface area contributed by atoms with Crippen molar-refractivity contribution in [2.24, 2.45) is 0 Å². The fourth-order valence-electron chi connectivity index (χ4n) is 3.29. The number of nitrogens with one attached hydrogen (secondary N) is 1. The summed E-state index contributed by atoms with van der Waals surface area (Å²) >= 11 is 0. The van der Waals surface area contributed by atoms with Gasteiger partial charge in [0.2, 0.25) is 6.29 Å². The number of phosphoric acid groups is 2. The van der Waals surface area contributed by atoms with Gasteiger partial charge in [-0.2, -0.15) is 4.31 Å². The third kappa shape index (κ3) is 6.60. The number of H-pyrrole nitrogens is 1. The number of aryl methyl sites for hydroxylation is 1. The van der Waals surface area contributed by atoms with Crippen LogP contribution < -0.4 is 11.2 Å². The van der Waals surface area contributed by atoms with Crippen LogP contribution in [0.1, 0.15) is 25.1 Å². The molecule has 2 aliphatic heterocycles. The zero-order valence-electron chi connectivity index (χ0n) is 18.2. The molecule has 0 aliphatic carbocycles. The first kappa shape index (κ1) is 28.0. The first-order valence-corrected chi connectivity index (χ1v) is 13.0. The molecule has 2 saturated heterocycles. The van der Waals surface area contributed by atoms with E-state index in [4.69, 9.17) is 9.47 Å². The van der Waals surface area contributed by atoms with Crippen molar-refractivity contribution < 1.29 is 61.9 Å². The summed E-state index contributed by atoms with van der Waals surface area (Å²) in [5, 5.41) is 29.4. The van der Waals surface area contributed by atoms with Crippen molar-refractivity contribution in [2.75, 3.05) is 6.61 Å². The Kier molecular flexibility index (Phi) is 8.33. The van der Waals surface area contributed by atoms with Crippen molar-refractivity contribution in [1.82, 2.24) is 9.55 Å². The summed E-state index contributed by atoms with van der Waals surface area (Å²) in [7, 11) is -10.8. The number of nitrogens with zero attached hydrogens (tertiary/aromatic N) is 1. The molecule has 17 nitrogen and oxygen atoms in total. The van der Waals surface area contributed by atoms with E-state index in [0.717, 1.165) is 4.57 Å². The summed E-state index contributed by atoms with van der Waals surface area (Å²) < 4.78 is 48.7. The van der Waals surface area contributed by atoms with E-state index in [1.54, 1.807) is 0 Å². The van der Waals surface area contributed by atoms with Gasteiger partial charge < -0.3 is 34.6 Å². The fraction of sp³-hybridized carbons (Fsp3) is 0.688. The Balaban J connectivity index is 1.59. The van der Waals surface area contributed by atoms with Crippen LogP contribution in [0, 0.1) is 6.92 Å². The number of hydrogen-bond acceptors (Lipinski definition) is 13. The van der Waals surface area contributed by atoms with E-state index < -0.39 is 82.3 Å². The molecule has 198 valence electrons. The maximum absolute atomic E-state index is 12.1. The van der Waals surface area contributed by atoms with E-state index in [2.05, 4.69) is 18.3 Å². The number of aliphatic hydroxyl groups excluding tert-OH is 3. The molecule has 1 aromatic rings. The summed E-state index contributed by atoms with van der Waals surface area (Å²) in [6, 6.07) is 0. The van der Waals surface area contributed by atoms with Crippen molar-refractivity contribution in [3.8, 4) is 0 Å². The highest BCUT2D eigenvalue weighted by molar-refractivity contribution is 7.61. The molecule has 2 fully saturated rings. The highest BCUT2D eigenvalue weighted by Gasteiger charge is 2.47. The average molecular weight is 546 g/mol. The molecule has 0 amide bonds. The number of phosphoric ester groups is 2. The highest BCUT2D eigenvalue weighted by atomic mass is 31.3. The van der Waals surface area contributed by atoms with E-state index in [1.165, 1.54) is 20.0 Å². The van der Waals surface area contributed by atoms with Gasteiger partial charge in [0.05, 0.1) is 18.8 Å². The number of ether oxygens (including phenoxy) is 2. The van der Waals surface area contributed by atoms with Crippen molar-refractivity contribution >= 4 is 21.4 Å². The Morgan fingerprint density at radius 2 is 1.77 bits per heavy atom. The summed E-state index contributed by atoms with van der Waals surface area (Å²) in [5.41, 5.74) is -1.24. The van der Waals surface area contributed by atoms with Crippen LogP contribution in [0.25, 0.3) is 0 Å². The van der Waals surface area contributed by atoms with Gasteiger partial charge in [0, 0.05) is 18.2 Å². The molecular weight excluding hydrogens is 522 g/mol. The van der Waals surface area contributed by atoms with Crippen LogP contribution in [0.4, 0.5) is 0 Å². The highest BCUT2D eigenvalue weighted by Crippen LogP contribution is 2.61. The van der Waals surface area contributed by atoms with E-state index in [1.807, 2.05) is 0 Å². The maximum atomic E-state index is 12.1. The van der Waals surface area contributed by atoms with Gasteiger partial charge in [-0.1, -0.05) is 0 Å². The molecule has 6 N–H and O–H groups in total. The van der Waals surface area contributed by atoms with Crippen LogP contribution in [0.5, 0.6) is 0 Å². The lowest BCUT2D eigenvalue weighted by molar-refractivity contribution is -0.223. The lowest BCUT2D eigenvalue weighted by Gasteiger charge is -2.34. The monoisotopic (exact) mass is 546 g/mol. The second-order valence-electron chi connectivity index (χ2n) is 7.83. The van der Waals surface area contributed by atoms with Crippen LogP contribution in [-0.2, 0) is 36.8 Å². The molecule has 2 aliphatic rings. The zero-order valence-corrected chi connectivity index (χ0v) is 20.0. The largest absolute Gasteiger partial charge is 0.483 e. The number of aliphatic hydroxyl groups is 3. The van der Waals surface area contributed by atoms with Crippen LogP contribution >= 0.6 is 15.6 Å². The van der Waals surface area contributed by atoms with Crippen molar-refractivity contribution in [3.05, 3.63) is 32.6 Å². The van der Waals surface area contributed by atoms with E-state index in [-0.39, 0.29) is 12.0 Å². The molecule has 3 rings (SSSR count). The number of carbonyl (C=O) groups is 1. The minimum atomic E-state index is -5.49. The molecule has 1 aromatic heterocycles. The standard InChI is InChI=1S/C16H24N2O15P2/c1-6-4-18(16(24)17-14(6)23)10-3-8(19)9(31-10)5-29-34(25,26)33-35(27,28)32-15-13(22)12(21)11(20)7(2)30-15/h4,7-11,13,15,19-20,22H,3,5H2,1-2H3,(H,25,26)(H,27,28)(H,17,23,24)/t7-,8+,9-,10-,11-,13-,15?/m1/s1. The van der Waals surface area contributed by atoms with Crippen molar-refractivity contribution in [3.63, 3.8) is 0 Å². The van der Waals surface area contributed by atoms with Gasteiger partial charge in [-0.3, -0.25) is 28.2 Å². The van der Waals surface area contributed by atoms with Gasteiger partial charge in [0.1, 0.15) is 18.4 Å². The summed E-state index contributed by atoms with van der Waals surface area (Å²) in [6.07, 6.45) is -9.87. The predicted molar refractivity (Wildman–Crippen MR) is 110 cm³/mol. The Morgan fingerprint density at radius 1 is 1.11 bits per heavy atom. The van der Waals surface area contributed by atoms with Crippen LogP contribution in [-0.4, -0.2) is 83.9 Å². The molecule has 9 atom stereocenters. The smallest absolute Gasteiger partial charge is 0.390 e. The van der Waals surface area contributed by atoms with Gasteiger partial charge in [0.25, 0.3) is 5.56 Å². The normalized spacial score (nSPS) is 34.9. The molecule has 0 bridgehead atoms. The minimum Gasteiger partial charge on any atom is -0.390 e. The van der Waals surface area contributed by atoms with Crippen molar-refractivity contribution in [2.45, 2.75) is 63.3 Å². The Bertz CT molecular complexity index is 1170. The number of carbonyl (C=O) groups excluding carboxylic acids is 1. The Morgan fingerprint density at radius 3 is 2.43 bits per heavy atom. The van der Waals surface area contributed by atoms with Crippen LogP contribution in [0.15, 0.2) is 15.8 Å². The first-order valence-electron chi connectivity index (χ1n) is 10.0. The average Bonchev–Trinajstić information content (AvgIpc) is 3.11. The van der Waals surface area contributed by atoms with E-state index in [0.29, 0.717) is 0 Å². The SMILES string of the molecule is Cc1cn([C@H]2C[C@H](O)[C@@H](COP(=O)(O)OP(=O)(O)OC3O[C@H](C)[C@@H](O)C(=O)[C@H]3O)O2)c(=O)[nH]c1=O. The van der Waals surface area contributed by atoms with Gasteiger partial charge >= 0.3 is 21.3 Å². The minimum absolute atomic E-state index is 0.160. The quantitative estimate of drug-likeness (QED) is 0.189. The molecule has 3 unspecified atom stereocenters. The Labute approximate surface area is 196 Å². The molecule has 19 heteroatoms. The number of hydrogen-bond donors (Lipinski definition) is 6.